The summed E-state index contributed by atoms with van der Waals surface area (Å²) in [5.74, 6) is 0.962. The number of hydrogen-bond donors (Lipinski definition) is 0. The third-order valence-corrected chi connectivity index (χ3v) is 5.18. The number of thioether (sulfide) groups is 1. The molecule has 3 aromatic rings. The number of aryl methyl sites for hydroxylation is 1. The van der Waals surface area contributed by atoms with Gasteiger partial charge in [0.2, 0.25) is 0 Å². The number of hydrogen-bond acceptors (Lipinski definition) is 7. The van der Waals surface area contributed by atoms with Crippen molar-refractivity contribution in [1.29, 1.82) is 0 Å². The summed E-state index contributed by atoms with van der Waals surface area (Å²) in [6.07, 6.45) is 10.3. The van der Waals surface area contributed by atoms with Crippen molar-refractivity contribution < 1.29 is 0 Å². The standard InChI is InChI=1S/C13H16N6S2/c1-18(5-3-6-19-7-4-14-9-19)12-10-11(15-8-16-12)17-13(20-2)21-10/h4,7-9H,3,5-6H2,1-2H3. The van der Waals surface area contributed by atoms with Crippen LogP contribution in [0.3, 0.4) is 0 Å². The lowest BCUT2D eigenvalue weighted by atomic mass is 10.3. The molecule has 3 heterocycles. The topological polar surface area (TPSA) is 59.7 Å². The van der Waals surface area contributed by atoms with Gasteiger partial charge in [-0.25, -0.2) is 19.9 Å². The molecule has 110 valence electrons. The van der Waals surface area contributed by atoms with Crippen molar-refractivity contribution in [3.05, 3.63) is 25.0 Å². The fraction of sp³-hybridized carbons (Fsp3) is 0.385. The summed E-state index contributed by atoms with van der Waals surface area (Å²) in [5.41, 5.74) is 0.788. The van der Waals surface area contributed by atoms with Gasteiger partial charge in [-0.1, -0.05) is 11.8 Å². The normalized spacial score (nSPS) is 11.1. The highest BCUT2D eigenvalue weighted by atomic mass is 32.2. The maximum absolute atomic E-state index is 4.49. The molecule has 0 bridgehead atoms. The Kier molecular flexibility index (Phi) is 4.35. The fourth-order valence-corrected chi connectivity index (χ4v) is 3.65. The predicted molar refractivity (Wildman–Crippen MR) is 87.1 cm³/mol. The molecule has 8 heteroatoms. The number of fused-ring (bicyclic) bond motifs is 1. The van der Waals surface area contributed by atoms with Crippen LogP contribution in [0.25, 0.3) is 10.3 Å². The molecule has 0 radical (unpaired) electrons. The minimum Gasteiger partial charge on any atom is -0.358 e. The van der Waals surface area contributed by atoms with Gasteiger partial charge in [0.05, 0.1) is 6.33 Å². The van der Waals surface area contributed by atoms with Crippen molar-refractivity contribution in [2.75, 3.05) is 24.7 Å². The van der Waals surface area contributed by atoms with E-state index in [9.17, 15) is 0 Å². The molecule has 6 nitrogen and oxygen atoms in total. The van der Waals surface area contributed by atoms with Crippen molar-refractivity contribution >= 4 is 39.3 Å². The molecular weight excluding hydrogens is 304 g/mol. The Hall–Kier alpha value is -1.67. The van der Waals surface area contributed by atoms with E-state index in [0.717, 1.165) is 40.0 Å². The Morgan fingerprint density at radius 2 is 2.29 bits per heavy atom. The van der Waals surface area contributed by atoms with Crippen molar-refractivity contribution in [2.45, 2.75) is 17.3 Å². The zero-order valence-corrected chi connectivity index (χ0v) is 13.6. The van der Waals surface area contributed by atoms with E-state index in [1.165, 1.54) is 0 Å². The lowest BCUT2D eigenvalue weighted by Gasteiger charge is -2.18. The van der Waals surface area contributed by atoms with Gasteiger partial charge in [-0.15, -0.1) is 11.3 Å². The molecule has 0 unspecified atom stereocenters. The first-order valence-electron chi connectivity index (χ1n) is 6.60. The SMILES string of the molecule is CSc1nc2ncnc(N(C)CCCn3ccnc3)c2s1. The summed E-state index contributed by atoms with van der Waals surface area (Å²) in [6, 6.07) is 0. The van der Waals surface area contributed by atoms with Crippen LogP contribution in [0.15, 0.2) is 29.4 Å². The minimum atomic E-state index is 0.788. The zero-order chi connectivity index (χ0) is 14.7. The van der Waals surface area contributed by atoms with Crippen LogP contribution >= 0.6 is 23.1 Å². The average molecular weight is 320 g/mol. The fourth-order valence-electron chi connectivity index (χ4n) is 2.10. The van der Waals surface area contributed by atoms with Gasteiger partial charge in [0.1, 0.15) is 11.0 Å². The third kappa shape index (κ3) is 3.16. The second-order valence-corrected chi connectivity index (χ2v) is 6.66. The molecule has 0 aliphatic heterocycles. The average Bonchev–Trinajstić information content (AvgIpc) is 3.15. The highest BCUT2D eigenvalue weighted by Gasteiger charge is 2.13. The van der Waals surface area contributed by atoms with Gasteiger partial charge in [0.25, 0.3) is 0 Å². The monoisotopic (exact) mass is 320 g/mol. The van der Waals surface area contributed by atoms with Gasteiger partial charge < -0.3 is 9.47 Å². The highest BCUT2D eigenvalue weighted by molar-refractivity contribution is 8.00. The number of anilines is 1. The van der Waals surface area contributed by atoms with Gasteiger partial charge in [-0.2, -0.15) is 0 Å². The molecule has 3 rings (SSSR count). The molecule has 0 aromatic carbocycles. The maximum Gasteiger partial charge on any atom is 0.176 e. The Morgan fingerprint density at radius 1 is 1.38 bits per heavy atom. The zero-order valence-electron chi connectivity index (χ0n) is 11.9. The van der Waals surface area contributed by atoms with E-state index >= 15 is 0 Å². The number of imidazole rings is 1. The molecule has 0 N–H and O–H groups in total. The predicted octanol–water partition coefficient (Wildman–Crippen LogP) is 2.53. The van der Waals surface area contributed by atoms with E-state index in [2.05, 4.69) is 36.5 Å². The van der Waals surface area contributed by atoms with Crippen LogP contribution in [0.1, 0.15) is 6.42 Å². The molecule has 0 aliphatic rings. The van der Waals surface area contributed by atoms with Crippen LogP contribution in [0.4, 0.5) is 5.82 Å². The molecule has 0 amide bonds. The Labute approximate surface area is 131 Å². The van der Waals surface area contributed by atoms with Gasteiger partial charge in [-0.05, 0) is 12.7 Å². The maximum atomic E-state index is 4.49. The van der Waals surface area contributed by atoms with E-state index < -0.39 is 0 Å². The first-order chi connectivity index (χ1) is 10.3. The van der Waals surface area contributed by atoms with Gasteiger partial charge in [0, 0.05) is 32.5 Å². The molecule has 0 atom stereocenters. The lowest BCUT2D eigenvalue weighted by Crippen LogP contribution is -2.21. The van der Waals surface area contributed by atoms with Gasteiger partial charge in [-0.3, -0.25) is 0 Å². The van der Waals surface area contributed by atoms with Crippen molar-refractivity contribution in [3.63, 3.8) is 0 Å². The summed E-state index contributed by atoms with van der Waals surface area (Å²) < 4.78 is 4.17. The Bertz CT molecular complexity index is 709. The van der Waals surface area contributed by atoms with E-state index in [1.54, 1.807) is 35.6 Å². The first kappa shape index (κ1) is 14.3. The van der Waals surface area contributed by atoms with E-state index in [1.807, 2.05) is 18.8 Å². The minimum absolute atomic E-state index is 0.788. The number of nitrogens with zero attached hydrogens (tertiary/aromatic N) is 6. The van der Waals surface area contributed by atoms with E-state index in [4.69, 9.17) is 0 Å². The molecule has 0 fully saturated rings. The molecule has 3 aromatic heterocycles. The number of rotatable bonds is 6. The third-order valence-electron chi connectivity index (χ3n) is 3.16. The van der Waals surface area contributed by atoms with Crippen LogP contribution in [0, 0.1) is 0 Å². The molecule has 0 saturated carbocycles. The Morgan fingerprint density at radius 3 is 3.05 bits per heavy atom. The second-order valence-electron chi connectivity index (χ2n) is 4.61. The summed E-state index contributed by atoms with van der Waals surface area (Å²) in [7, 11) is 2.06. The summed E-state index contributed by atoms with van der Waals surface area (Å²) in [4.78, 5) is 19.4. The smallest absolute Gasteiger partial charge is 0.176 e. The van der Waals surface area contributed by atoms with Crippen molar-refractivity contribution in [2.24, 2.45) is 0 Å². The first-order valence-corrected chi connectivity index (χ1v) is 8.64. The van der Waals surface area contributed by atoms with E-state index in [-0.39, 0.29) is 0 Å². The molecule has 21 heavy (non-hydrogen) atoms. The molecule has 0 saturated heterocycles. The van der Waals surface area contributed by atoms with Gasteiger partial charge >= 0.3 is 0 Å². The Balaban J connectivity index is 1.71. The van der Waals surface area contributed by atoms with Crippen LogP contribution in [-0.2, 0) is 6.54 Å². The highest BCUT2D eigenvalue weighted by Crippen LogP contribution is 2.32. The van der Waals surface area contributed by atoms with E-state index in [0.29, 0.717) is 0 Å². The van der Waals surface area contributed by atoms with Crippen LogP contribution < -0.4 is 4.90 Å². The molecule has 0 spiro atoms. The van der Waals surface area contributed by atoms with Gasteiger partial charge in [0.15, 0.2) is 15.8 Å². The lowest BCUT2D eigenvalue weighted by molar-refractivity contribution is 0.636. The van der Waals surface area contributed by atoms with Crippen LogP contribution in [-0.4, -0.2) is 44.4 Å². The summed E-state index contributed by atoms with van der Waals surface area (Å²) >= 11 is 3.30. The molecular formula is C13H16N6S2. The summed E-state index contributed by atoms with van der Waals surface area (Å²) in [6.45, 7) is 1.88. The quantitative estimate of drug-likeness (QED) is 0.651. The van der Waals surface area contributed by atoms with Crippen LogP contribution in [0.5, 0.6) is 0 Å². The number of thiazole rings is 1. The number of aromatic nitrogens is 5. The van der Waals surface area contributed by atoms with Crippen molar-refractivity contribution in [3.8, 4) is 0 Å². The molecule has 0 aliphatic carbocycles. The largest absolute Gasteiger partial charge is 0.358 e. The van der Waals surface area contributed by atoms with Crippen molar-refractivity contribution in [1.82, 2.24) is 24.5 Å². The van der Waals surface area contributed by atoms with Crippen LogP contribution in [0.2, 0.25) is 0 Å². The summed E-state index contributed by atoms with van der Waals surface area (Å²) in [5, 5.41) is 0. The second kappa shape index (κ2) is 6.40.